The number of hydrogen-bond donors (Lipinski definition) is 0. The van der Waals surface area contributed by atoms with Gasteiger partial charge in [-0.2, -0.15) is 0 Å². The fourth-order valence-electron chi connectivity index (χ4n) is 1.49. The van der Waals surface area contributed by atoms with Crippen LogP contribution in [0.25, 0.3) is 0 Å². The molecule has 0 aromatic carbocycles. The molecule has 1 aromatic heterocycles. The number of thiazole rings is 1. The van der Waals surface area contributed by atoms with Crippen molar-refractivity contribution >= 4 is 11.3 Å². The van der Waals surface area contributed by atoms with Gasteiger partial charge in [-0.05, 0) is 32.6 Å². The second kappa shape index (κ2) is 3.76. The van der Waals surface area contributed by atoms with E-state index in [1.165, 1.54) is 17.8 Å². The van der Waals surface area contributed by atoms with Crippen LogP contribution in [-0.2, 0) is 4.74 Å². The van der Waals surface area contributed by atoms with E-state index >= 15 is 0 Å². The lowest BCUT2D eigenvalue weighted by atomic mass is 10.2. The van der Waals surface area contributed by atoms with E-state index in [1.807, 2.05) is 6.92 Å². The molecule has 1 aliphatic rings. The third-order valence-electron chi connectivity index (χ3n) is 2.28. The van der Waals surface area contributed by atoms with Crippen molar-refractivity contribution in [2.75, 3.05) is 6.61 Å². The number of aryl methyl sites for hydroxylation is 1. The normalized spacial score (nSPS) is 18.9. The molecule has 0 N–H and O–H groups in total. The highest BCUT2D eigenvalue weighted by Gasteiger charge is 2.34. The van der Waals surface area contributed by atoms with Crippen LogP contribution in [0.1, 0.15) is 36.6 Å². The van der Waals surface area contributed by atoms with Gasteiger partial charge in [-0.1, -0.05) is 0 Å². The molecule has 0 bridgehead atoms. The van der Waals surface area contributed by atoms with Crippen LogP contribution in [0.15, 0.2) is 5.38 Å². The molecule has 0 amide bonds. The van der Waals surface area contributed by atoms with Gasteiger partial charge in [-0.3, -0.25) is 0 Å². The summed E-state index contributed by atoms with van der Waals surface area (Å²) in [6, 6.07) is 0. The number of nitrogens with zero attached hydrogens (tertiary/aromatic N) is 1. The molecule has 0 spiro atoms. The van der Waals surface area contributed by atoms with E-state index in [0.29, 0.717) is 0 Å². The fraction of sp³-hybridized carbons (Fsp3) is 0.700. The Balaban J connectivity index is 2.10. The number of rotatable bonds is 4. The molecule has 1 aromatic rings. The van der Waals surface area contributed by atoms with E-state index in [9.17, 15) is 0 Å². The molecule has 1 saturated carbocycles. The molecule has 3 heteroatoms. The van der Waals surface area contributed by atoms with Crippen LogP contribution in [0.3, 0.4) is 0 Å². The third-order valence-corrected chi connectivity index (χ3v) is 3.30. The van der Waals surface area contributed by atoms with Gasteiger partial charge >= 0.3 is 0 Å². The zero-order valence-corrected chi connectivity index (χ0v) is 8.93. The summed E-state index contributed by atoms with van der Waals surface area (Å²) in [6.07, 6.45) is 2.90. The molecule has 1 fully saturated rings. The summed E-state index contributed by atoms with van der Waals surface area (Å²) in [5, 5.41) is 3.27. The number of aromatic nitrogens is 1. The minimum absolute atomic E-state index is 0.281. The lowest BCUT2D eigenvalue weighted by Crippen LogP contribution is -2.05. The van der Waals surface area contributed by atoms with E-state index < -0.39 is 0 Å². The highest BCUT2D eigenvalue weighted by atomic mass is 32.1. The largest absolute Gasteiger partial charge is 0.371 e. The van der Waals surface area contributed by atoms with Gasteiger partial charge in [0.25, 0.3) is 0 Å². The van der Waals surface area contributed by atoms with Crippen molar-refractivity contribution in [3.63, 3.8) is 0 Å². The van der Waals surface area contributed by atoms with Crippen LogP contribution in [0.5, 0.6) is 0 Å². The third kappa shape index (κ3) is 2.09. The minimum Gasteiger partial charge on any atom is -0.371 e. The Morgan fingerprint density at radius 2 is 2.46 bits per heavy atom. The molecule has 2 nitrogen and oxygen atoms in total. The monoisotopic (exact) mass is 197 g/mol. The van der Waals surface area contributed by atoms with Crippen LogP contribution < -0.4 is 0 Å². The van der Waals surface area contributed by atoms with Gasteiger partial charge in [-0.25, -0.2) is 4.98 Å². The van der Waals surface area contributed by atoms with Gasteiger partial charge in [-0.15, -0.1) is 11.3 Å². The molecular weight excluding hydrogens is 182 g/mol. The topological polar surface area (TPSA) is 22.1 Å². The first-order chi connectivity index (χ1) is 6.31. The highest BCUT2D eigenvalue weighted by molar-refractivity contribution is 7.09. The summed E-state index contributed by atoms with van der Waals surface area (Å²) in [5.74, 6) is 0.741. The lowest BCUT2D eigenvalue weighted by molar-refractivity contribution is 0.0461. The Kier molecular flexibility index (Phi) is 2.65. The Labute approximate surface area is 83.0 Å². The SMILES string of the molecule is CCOC(c1nc(C)cs1)C1CC1. The Morgan fingerprint density at radius 1 is 1.69 bits per heavy atom. The van der Waals surface area contributed by atoms with Crippen LogP contribution in [0.4, 0.5) is 0 Å². The Morgan fingerprint density at radius 3 is 2.92 bits per heavy atom. The first-order valence-corrected chi connectivity index (χ1v) is 5.73. The van der Waals surface area contributed by atoms with E-state index in [0.717, 1.165) is 18.2 Å². The predicted octanol–water partition coefficient (Wildman–Crippen LogP) is 2.94. The minimum atomic E-state index is 0.281. The zero-order chi connectivity index (χ0) is 9.26. The zero-order valence-electron chi connectivity index (χ0n) is 8.12. The summed E-state index contributed by atoms with van der Waals surface area (Å²) < 4.78 is 5.71. The van der Waals surface area contributed by atoms with Crippen molar-refractivity contribution < 1.29 is 4.74 Å². The summed E-state index contributed by atoms with van der Waals surface area (Å²) in [6.45, 7) is 4.88. The molecule has 72 valence electrons. The fourth-order valence-corrected chi connectivity index (χ4v) is 2.43. The van der Waals surface area contributed by atoms with Crippen molar-refractivity contribution in [3.8, 4) is 0 Å². The van der Waals surface area contributed by atoms with E-state index in [1.54, 1.807) is 11.3 Å². The average molecular weight is 197 g/mol. The lowest BCUT2D eigenvalue weighted by Gasteiger charge is -2.12. The molecule has 13 heavy (non-hydrogen) atoms. The molecule has 1 aliphatic carbocycles. The first-order valence-electron chi connectivity index (χ1n) is 4.85. The summed E-state index contributed by atoms with van der Waals surface area (Å²) in [5.41, 5.74) is 1.12. The molecule has 0 saturated heterocycles. The molecular formula is C10H15NOS. The van der Waals surface area contributed by atoms with Crippen LogP contribution in [-0.4, -0.2) is 11.6 Å². The molecule has 1 unspecified atom stereocenters. The molecule has 0 radical (unpaired) electrons. The van der Waals surface area contributed by atoms with Gasteiger partial charge < -0.3 is 4.74 Å². The standard InChI is InChI=1S/C10H15NOS/c1-3-12-9(8-4-5-8)10-11-7(2)6-13-10/h6,8-9H,3-5H2,1-2H3. The van der Waals surface area contributed by atoms with Crippen molar-refractivity contribution in [1.82, 2.24) is 4.98 Å². The van der Waals surface area contributed by atoms with Gasteiger partial charge in [0, 0.05) is 17.7 Å². The van der Waals surface area contributed by atoms with Crippen LogP contribution >= 0.6 is 11.3 Å². The first kappa shape index (κ1) is 9.16. The Bertz CT molecular complexity index is 280. The maximum atomic E-state index is 5.71. The number of ether oxygens (including phenoxy) is 1. The maximum Gasteiger partial charge on any atom is 0.122 e. The quantitative estimate of drug-likeness (QED) is 0.740. The van der Waals surface area contributed by atoms with Crippen molar-refractivity contribution in [2.24, 2.45) is 5.92 Å². The van der Waals surface area contributed by atoms with Gasteiger partial charge in [0.15, 0.2) is 0 Å². The van der Waals surface area contributed by atoms with E-state index in [-0.39, 0.29) is 6.10 Å². The summed E-state index contributed by atoms with van der Waals surface area (Å²) >= 11 is 1.73. The smallest absolute Gasteiger partial charge is 0.122 e. The summed E-state index contributed by atoms with van der Waals surface area (Å²) in [4.78, 5) is 4.48. The maximum absolute atomic E-state index is 5.71. The average Bonchev–Trinajstić information content (AvgIpc) is 2.85. The summed E-state index contributed by atoms with van der Waals surface area (Å²) in [7, 11) is 0. The van der Waals surface area contributed by atoms with Crippen LogP contribution in [0, 0.1) is 12.8 Å². The highest BCUT2D eigenvalue weighted by Crippen LogP contribution is 2.43. The van der Waals surface area contributed by atoms with Crippen molar-refractivity contribution in [3.05, 3.63) is 16.1 Å². The van der Waals surface area contributed by atoms with Gasteiger partial charge in [0.05, 0.1) is 0 Å². The van der Waals surface area contributed by atoms with Gasteiger partial charge in [0.2, 0.25) is 0 Å². The molecule has 1 heterocycles. The molecule has 0 aliphatic heterocycles. The Hall–Kier alpha value is -0.410. The molecule has 2 rings (SSSR count). The van der Waals surface area contributed by atoms with Crippen molar-refractivity contribution in [2.45, 2.75) is 32.8 Å². The van der Waals surface area contributed by atoms with Crippen LogP contribution in [0.2, 0.25) is 0 Å². The number of hydrogen-bond acceptors (Lipinski definition) is 3. The molecule has 1 atom stereocenters. The van der Waals surface area contributed by atoms with Gasteiger partial charge in [0.1, 0.15) is 11.1 Å². The van der Waals surface area contributed by atoms with Crippen molar-refractivity contribution in [1.29, 1.82) is 0 Å². The second-order valence-corrected chi connectivity index (χ2v) is 4.43. The van der Waals surface area contributed by atoms with E-state index in [4.69, 9.17) is 4.74 Å². The predicted molar refractivity (Wildman–Crippen MR) is 53.9 cm³/mol. The van der Waals surface area contributed by atoms with E-state index in [2.05, 4.69) is 17.3 Å². The second-order valence-electron chi connectivity index (χ2n) is 3.54.